The van der Waals surface area contributed by atoms with E-state index in [0.29, 0.717) is 30.5 Å². The minimum absolute atomic E-state index is 0.0112. The fourth-order valence-corrected chi connectivity index (χ4v) is 6.00. The molecule has 31 heavy (non-hydrogen) atoms. The number of halogens is 1. The first-order valence-corrected chi connectivity index (χ1v) is 12.7. The van der Waals surface area contributed by atoms with Crippen LogP contribution in [0.15, 0.2) is 42.1 Å². The minimum Gasteiger partial charge on any atom is -0.483 e. The van der Waals surface area contributed by atoms with E-state index in [1.807, 2.05) is 6.92 Å². The molecule has 0 aliphatic carbocycles. The van der Waals surface area contributed by atoms with E-state index in [2.05, 4.69) is 16.8 Å². The van der Waals surface area contributed by atoms with Crippen molar-refractivity contribution in [1.82, 2.24) is 19.7 Å². The SMILES string of the molecule is C=CCn1c(COc2ccccc2F)nnc1SCC(=O)N(CC)C1CCS(=O)(=O)C1. The summed E-state index contributed by atoms with van der Waals surface area (Å²) in [5.74, 6) is 0.221. The van der Waals surface area contributed by atoms with E-state index < -0.39 is 15.7 Å². The maximum absolute atomic E-state index is 13.8. The van der Waals surface area contributed by atoms with E-state index in [1.165, 1.54) is 23.9 Å². The van der Waals surface area contributed by atoms with Crippen LogP contribution in [0.25, 0.3) is 0 Å². The van der Waals surface area contributed by atoms with Crippen LogP contribution < -0.4 is 4.74 Å². The van der Waals surface area contributed by atoms with Crippen molar-refractivity contribution in [2.75, 3.05) is 23.8 Å². The fourth-order valence-electron chi connectivity index (χ4n) is 3.42. The molecule has 0 radical (unpaired) electrons. The Bertz CT molecular complexity index is 1040. The number of rotatable bonds is 10. The van der Waals surface area contributed by atoms with Crippen molar-refractivity contribution in [3.8, 4) is 5.75 Å². The van der Waals surface area contributed by atoms with Crippen LogP contribution >= 0.6 is 11.8 Å². The van der Waals surface area contributed by atoms with Gasteiger partial charge in [-0.05, 0) is 25.5 Å². The summed E-state index contributed by atoms with van der Waals surface area (Å²) >= 11 is 1.21. The smallest absolute Gasteiger partial charge is 0.233 e. The predicted octanol–water partition coefficient (Wildman–Crippen LogP) is 2.31. The minimum atomic E-state index is -3.07. The summed E-state index contributed by atoms with van der Waals surface area (Å²) < 4.78 is 44.6. The molecule has 0 N–H and O–H groups in total. The van der Waals surface area contributed by atoms with Gasteiger partial charge in [-0.2, -0.15) is 0 Å². The van der Waals surface area contributed by atoms with Gasteiger partial charge in [0.2, 0.25) is 5.91 Å². The van der Waals surface area contributed by atoms with Crippen molar-refractivity contribution < 1.29 is 22.3 Å². The van der Waals surface area contributed by atoms with Crippen molar-refractivity contribution in [2.24, 2.45) is 0 Å². The maximum atomic E-state index is 13.8. The average molecular weight is 469 g/mol. The van der Waals surface area contributed by atoms with Gasteiger partial charge >= 0.3 is 0 Å². The number of aromatic nitrogens is 3. The van der Waals surface area contributed by atoms with Crippen molar-refractivity contribution >= 4 is 27.5 Å². The molecule has 0 spiro atoms. The zero-order valence-corrected chi connectivity index (χ0v) is 18.9. The highest BCUT2D eigenvalue weighted by Gasteiger charge is 2.33. The highest BCUT2D eigenvalue weighted by atomic mass is 32.2. The van der Waals surface area contributed by atoms with Crippen molar-refractivity contribution in [2.45, 2.75) is 37.7 Å². The number of hydrogen-bond donors (Lipinski definition) is 0. The van der Waals surface area contributed by atoms with Gasteiger partial charge in [0, 0.05) is 19.1 Å². The van der Waals surface area contributed by atoms with E-state index in [4.69, 9.17) is 4.74 Å². The highest BCUT2D eigenvalue weighted by molar-refractivity contribution is 7.99. The summed E-state index contributed by atoms with van der Waals surface area (Å²) in [6.45, 7) is 6.43. The number of ether oxygens (including phenoxy) is 1. The number of sulfone groups is 1. The Balaban J connectivity index is 1.65. The molecule has 1 unspecified atom stereocenters. The Labute approximate surface area is 185 Å². The van der Waals surface area contributed by atoms with Crippen molar-refractivity contribution in [1.29, 1.82) is 0 Å². The number of benzene rings is 1. The first-order valence-electron chi connectivity index (χ1n) is 9.87. The molecule has 3 rings (SSSR count). The number of nitrogens with zero attached hydrogens (tertiary/aromatic N) is 4. The molecule has 1 aliphatic rings. The van der Waals surface area contributed by atoms with Gasteiger partial charge in [0.05, 0.1) is 17.3 Å². The Morgan fingerprint density at radius 1 is 1.42 bits per heavy atom. The molecular weight excluding hydrogens is 443 g/mol. The molecule has 2 aromatic rings. The summed E-state index contributed by atoms with van der Waals surface area (Å²) in [5.41, 5.74) is 0. The quantitative estimate of drug-likeness (QED) is 0.390. The molecule has 11 heteroatoms. The lowest BCUT2D eigenvalue weighted by Crippen LogP contribution is -2.42. The second-order valence-electron chi connectivity index (χ2n) is 7.04. The predicted molar refractivity (Wildman–Crippen MR) is 116 cm³/mol. The summed E-state index contributed by atoms with van der Waals surface area (Å²) in [7, 11) is -3.07. The first kappa shape index (κ1) is 23.3. The van der Waals surface area contributed by atoms with Crippen LogP contribution in [0.4, 0.5) is 4.39 Å². The van der Waals surface area contributed by atoms with Crippen LogP contribution in [0, 0.1) is 5.82 Å². The Hall–Kier alpha value is -2.40. The number of carbonyl (C=O) groups is 1. The Morgan fingerprint density at radius 2 is 2.19 bits per heavy atom. The van der Waals surface area contributed by atoms with Gasteiger partial charge in [-0.15, -0.1) is 16.8 Å². The van der Waals surface area contributed by atoms with Crippen molar-refractivity contribution in [3.05, 3.63) is 48.6 Å². The van der Waals surface area contributed by atoms with Gasteiger partial charge in [0.25, 0.3) is 0 Å². The normalized spacial score (nSPS) is 17.4. The molecule has 0 bridgehead atoms. The van der Waals surface area contributed by atoms with Gasteiger partial charge < -0.3 is 9.64 Å². The zero-order valence-electron chi connectivity index (χ0n) is 17.2. The Kier molecular flexibility index (Phi) is 7.71. The highest BCUT2D eigenvalue weighted by Crippen LogP contribution is 2.23. The van der Waals surface area contributed by atoms with E-state index in [-0.39, 0.29) is 41.6 Å². The van der Waals surface area contributed by atoms with Crippen LogP contribution in [0.2, 0.25) is 0 Å². The summed E-state index contributed by atoms with van der Waals surface area (Å²) in [5, 5.41) is 8.76. The van der Waals surface area contributed by atoms with Crippen molar-refractivity contribution in [3.63, 3.8) is 0 Å². The molecule has 1 atom stereocenters. The van der Waals surface area contributed by atoms with E-state index in [0.717, 1.165) is 0 Å². The molecule has 1 aromatic heterocycles. The summed E-state index contributed by atoms with van der Waals surface area (Å²) in [6, 6.07) is 5.81. The van der Waals surface area contributed by atoms with Crippen LogP contribution in [0.5, 0.6) is 5.75 Å². The van der Waals surface area contributed by atoms with Gasteiger partial charge in [0.15, 0.2) is 32.4 Å². The lowest BCUT2D eigenvalue weighted by atomic mass is 10.2. The molecule has 168 valence electrons. The molecule has 1 amide bonds. The lowest BCUT2D eigenvalue weighted by molar-refractivity contribution is -0.129. The van der Waals surface area contributed by atoms with Gasteiger partial charge in [-0.1, -0.05) is 30.0 Å². The molecule has 1 fully saturated rings. The average Bonchev–Trinajstić information content (AvgIpc) is 3.29. The zero-order chi connectivity index (χ0) is 22.4. The van der Waals surface area contributed by atoms with Gasteiger partial charge in [-0.3, -0.25) is 9.36 Å². The maximum Gasteiger partial charge on any atom is 0.233 e. The molecule has 0 saturated carbocycles. The molecule has 2 heterocycles. The van der Waals surface area contributed by atoms with E-state index in [9.17, 15) is 17.6 Å². The standard InChI is InChI=1S/C20H25FN4O4S2/c1-3-10-25-18(12-29-17-8-6-5-7-16(17)21)22-23-20(25)30-13-19(26)24(4-2)15-9-11-31(27,28)14-15/h3,5-8,15H,1,4,9-14H2,2H3. The monoisotopic (exact) mass is 468 g/mol. The number of thioether (sulfide) groups is 1. The summed E-state index contributed by atoms with van der Waals surface area (Å²) in [4.78, 5) is 14.4. The molecular formula is C20H25FN4O4S2. The second-order valence-corrected chi connectivity index (χ2v) is 10.2. The van der Waals surface area contributed by atoms with E-state index in [1.54, 1.807) is 27.7 Å². The number of para-hydroxylation sites is 1. The third-order valence-corrected chi connectivity index (χ3v) is 7.64. The number of amides is 1. The van der Waals surface area contributed by atoms with Crippen LogP contribution in [-0.2, 0) is 27.8 Å². The topological polar surface area (TPSA) is 94.4 Å². The number of allylic oxidation sites excluding steroid dienone is 1. The van der Waals surface area contributed by atoms with Crippen LogP contribution in [0.1, 0.15) is 19.2 Å². The second kappa shape index (κ2) is 10.3. The van der Waals surface area contributed by atoms with Crippen LogP contribution in [0.3, 0.4) is 0 Å². The number of carbonyl (C=O) groups excluding carboxylic acids is 1. The third-order valence-electron chi connectivity index (χ3n) is 4.93. The Morgan fingerprint density at radius 3 is 2.84 bits per heavy atom. The van der Waals surface area contributed by atoms with Gasteiger partial charge in [-0.25, -0.2) is 12.8 Å². The largest absolute Gasteiger partial charge is 0.483 e. The third kappa shape index (κ3) is 5.85. The fraction of sp³-hybridized carbons (Fsp3) is 0.450. The molecule has 1 aromatic carbocycles. The van der Waals surface area contributed by atoms with Gasteiger partial charge in [0.1, 0.15) is 6.61 Å². The molecule has 1 aliphatic heterocycles. The first-order chi connectivity index (χ1) is 14.8. The van der Waals surface area contributed by atoms with Crippen LogP contribution in [-0.4, -0.2) is 63.8 Å². The summed E-state index contributed by atoms with van der Waals surface area (Å²) in [6.07, 6.45) is 2.14. The molecule has 1 saturated heterocycles. The lowest BCUT2D eigenvalue weighted by Gasteiger charge is -2.26. The number of hydrogen-bond acceptors (Lipinski definition) is 7. The molecule has 8 nitrogen and oxygen atoms in total. The van der Waals surface area contributed by atoms with E-state index >= 15 is 0 Å².